The maximum atomic E-state index is 5.53. The predicted octanol–water partition coefficient (Wildman–Crippen LogP) is 2.06. The Morgan fingerprint density at radius 1 is 1.40 bits per heavy atom. The molecule has 52 valence electrons. The van der Waals surface area contributed by atoms with E-state index in [1.165, 1.54) is 0 Å². The van der Waals surface area contributed by atoms with Gasteiger partial charge in [0.05, 0.1) is 7.11 Å². The number of ether oxygens (including phenoxy) is 1. The van der Waals surface area contributed by atoms with Crippen molar-refractivity contribution >= 4 is 0 Å². The van der Waals surface area contributed by atoms with Crippen LogP contribution in [0.1, 0.15) is 11.1 Å². The molecule has 0 aromatic heterocycles. The van der Waals surface area contributed by atoms with Crippen LogP contribution in [-0.2, 0) is 0 Å². The minimum atomic E-state index is 0.776. The molecule has 1 aromatic rings. The van der Waals surface area contributed by atoms with Crippen LogP contribution in [0.3, 0.4) is 0 Å². The van der Waals surface area contributed by atoms with Gasteiger partial charge in [-0.2, -0.15) is 0 Å². The van der Waals surface area contributed by atoms with Crippen molar-refractivity contribution in [2.45, 2.75) is 6.92 Å². The Morgan fingerprint density at radius 3 is 2.60 bits per heavy atom. The van der Waals surface area contributed by atoms with Gasteiger partial charge in [-0.1, -0.05) is 12.1 Å². The van der Waals surface area contributed by atoms with E-state index in [4.69, 9.17) is 11.7 Å². The molecule has 1 heteroatoms. The summed E-state index contributed by atoms with van der Waals surface area (Å²) < 4.78 is 5.04. The number of hydrogen-bond donors (Lipinski definition) is 0. The smallest absolute Gasteiger partial charge is 0.121 e. The number of rotatable bonds is 1. The second-order valence-corrected chi connectivity index (χ2v) is 2.23. The SMILES string of the molecule is [CH]c1ccc(OC)c(C)c1. The Kier molecular flexibility index (Phi) is 1.95. The molecule has 0 aliphatic rings. The van der Waals surface area contributed by atoms with Crippen molar-refractivity contribution in [1.82, 2.24) is 0 Å². The summed E-state index contributed by atoms with van der Waals surface area (Å²) in [5.41, 5.74) is 1.85. The van der Waals surface area contributed by atoms with E-state index in [0.717, 1.165) is 16.9 Å². The van der Waals surface area contributed by atoms with Gasteiger partial charge in [0.15, 0.2) is 0 Å². The molecule has 0 heterocycles. The third-order valence-corrected chi connectivity index (χ3v) is 1.42. The quantitative estimate of drug-likeness (QED) is 0.571. The maximum absolute atomic E-state index is 5.53. The largest absolute Gasteiger partial charge is 0.496 e. The van der Waals surface area contributed by atoms with Crippen LogP contribution in [0.4, 0.5) is 0 Å². The number of hydrogen-bond acceptors (Lipinski definition) is 1. The summed E-state index contributed by atoms with van der Waals surface area (Å²) in [6.07, 6.45) is 0. The van der Waals surface area contributed by atoms with Gasteiger partial charge in [-0.25, -0.2) is 0 Å². The van der Waals surface area contributed by atoms with Gasteiger partial charge in [0.25, 0.3) is 0 Å². The molecule has 0 saturated heterocycles. The van der Waals surface area contributed by atoms with Gasteiger partial charge in [0.1, 0.15) is 5.75 Å². The zero-order chi connectivity index (χ0) is 7.56. The monoisotopic (exact) mass is 134 g/mol. The molecule has 0 amide bonds. The molecule has 2 radical (unpaired) electrons. The minimum Gasteiger partial charge on any atom is -0.496 e. The molecule has 1 nitrogen and oxygen atoms in total. The van der Waals surface area contributed by atoms with Crippen molar-refractivity contribution in [3.63, 3.8) is 0 Å². The van der Waals surface area contributed by atoms with Crippen LogP contribution < -0.4 is 4.74 Å². The Hall–Kier alpha value is -0.980. The molecule has 0 saturated carbocycles. The topological polar surface area (TPSA) is 9.23 Å². The van der Waals surface area contributed by atoms with Crippen LogP contribution >= 0.6 is 0 Å². The van der Waals surface area contributed by atoms with Gasteiger partial charge in [0.2, 0.25) is 0 Å². The van der Waals surface area contributed by atoms with Gasteiger partial charge in [0, 0.05) is 0 Å². The van der Waals surface area contributed by atoms with Crippen molar-refractivity contribution in [2.24, 2.45) is 0 Å². The lowest BCUT2D eigenvalue weighted by molar-refractivity contribution is 0.411. The molecule has 1 aromatic carbocycles. The third kappa shape index (κ3) is 1.29. The molecular formula is C9H10O. The van der Waals surface area contributed by atoms with E-state index >= 15 is 0 Å². The molecule has 0 unspecified atom stereocenters. The molecule has 0 N–H and O–H groups in total. The van der Waals surface area contributed by atoms with E-state index in [2.05, 4.69) is 0 Å². The molecule has 0 fully saturated rings. The van der Waals surface area contributed by atoms with Gasteiger partial charge in [-0.05, 0) is 31.0 Å². The van der Waals surface area contributed by atoms with Gasteiger partial charge in [-0.15, -0.1) is 0 Å². The molecule has 0 spiro atoms. The second-order valence-electron chi connectivity index (χ2n) is 2.23. The summed E-state index contributed by atoms with van der Waals surface area (Å²) in [6.45, 7) is 7.49. The summed E-state index contributed by atoms with van der Waals surface area (Å²) in [7, 11) is 1.65. The molecule has 0 aliphatic carbocycles. The van der Waals surface area contributed by atoms with Crippen LogP contribution in [0.25, 0.3) is 0 Å². The van der Waals surface area contributed by atoms with Crippen LogP contribution in [-0.4, -0.2) is 7.11 Å². The third-order valence-electron chi connectivity index (χ3n) is 1.42. The van der Waals surface area contributed by atoms with Crippen LogP contribution in [0, 0.1) is 13.8 Å². The molecule has 10 heavy (non-hydrogen) atoms. The van der Waals surface area contributed by atoms with E-state index < -0.39 is 0 Å². The van der Waals surface area contributed by atoms with Gasteiger partial charge >= 0.3 is 0 Å². The highest BCUT2D eigenvalue weighted by atomic mass is 16.5. The number of benzene rings is 1. The normalized spacial score (nSPS) is 9.50. The summed E-state index contributed by atoms with van der Waals surface area (Å²) in [6, 6.07) is 5.58. The van der Waals surface area contributed by atoms with Crippen LogP contribution in [0.2, 0.25) is 0 Å². The predicted molar refractivity (Wildman–Crippen MR) is 41.1 cm³/mol. The molecule has 0 bridgehead atoms. The summed E-state index contributed by atoms with van der Waals surface area (Å²) >= 11 is 0. The first-order chi connectivity index (χ1) is 4.74. The molecule has 1 rings (SSSR count). The summed E-state index contributed by atoms with van der Waals surface area (Å²) in [4.78, 5) is 0. The standard InChI is InChI=1S/C9H10O/c1-7-4-5-9(10-3)8(2)6-7/h1,4-6H,2-3H3. The first kappa shape index (κ1) is 7.13. The maximum Gasteiger partial charge on any atom is 0.121 e. The Bertz CT molecular complexity index is 228. The van der Waals surface area contributed by atoms with Crippen molar-refractivity contribution in [3.05, 3.63) is 36.2 Å². The first-order valence-electron chi connectivity index (χ1n) is 3.14. The molecule has 0 aliphatic heterocycles. The highest BCUT2D eigenvalue weighted by Gasteiger charge is 1.94. The average Bonchev–Trinajstić information content (AvgIpc) is 1.88. The number of methoxy groups -OCH3 is 1. The van der Waals surface area contributed by atoms with Gasteiger partial charge < -0.3 is 4.74 Å². The lowest BCUT2D eigenvalue weighted by Gasteiger charge is -2.03. The highest BCUT2D eigenvalue weighted by molar-refractivity contribution is 5.36. The van der Waals surface area contributed by atoms with E-state index in [1.807, 2.05) is 25.1 Å². The van der Waals surface area contributed by atoms with E-state index in [-0.39, 0.29) is 0 Å². The van der Waals surface area contributed by atoms with Crippen LogP contribution in [0.5, 0.6) is 5.75 Å². The fourth-order valence-electron chi connectivity index (χ4n) is 0.902. The van der Waals surface area contributed by atoms with E-state index in [0.29, 0.717) is 0 Å². The zero-order valence-corrected chi connectivity index (χ0v) is 6.22. The number of aryl methyl sites for hydroxylation is 1. The average molecular weight is 134 g/mol. The second kappa shape index (κ2) is 2.74. The Morgan fingerprint density at radius 2 is 2.10 bits per heavy atom. The molecular weight excluding hydrogens is 124 g/mol. The van der Waals surface area contributed by atoms with Gasteiger partial charge in [-0.3, -0.25) is 0 Å². The van der Waals surface area contributed by atoms with Crippen molar-refractivity contribution in [3.8, 4) is 5.75 Å². The van der Waals surface area contributed by atoms with Crippen molar-refractivity contribution in [1.29, 1.82) is 0 Å². The van der Waals surface area contributed by atoms with Crippen molar-refractivity contribution in [2.75, 3.05) is 7.11 Å². The van der Waals surface area contributed by atoms with Crippen molar-refractivity contribution < 1.29 is 4.74 Å². The summed E-state index contributed by atoms with van der Waals surface area (Å²) in [5.74, 6) is 0.884. The fourth-order valence-corrected chi connectivity index (χ4v) is 0.902. The Labute approximate surface area is 61.6 Å². The minimum absolute atomic E-state index is 0.776. The van der Waals surface area contributed by atoms with Crippen LogP contribution in [0.15, 0.2) is 18.2 Å². The zero-order valence-electron chi connectivity index (χ0n) is 6.22. The van der Waals surface area contributed by atoms with E-state index in [1.54, 1.807) is 7.11 Å². The lowest BCUT2D eigenvalue weighted by atomic mass is 10.1. The van der Waals surface area contributed by atoms with E-state index in [9.17, 15) is 0 Å². The first-order valence-corrected chi connectivity index (χ1v) is 3.14. The summed E-state index contributed by atoms with van der Waals surface area (Å²) in [5, 5.41) is 0. The fraction of sp³-hybridized carbons (Fsp3) is 0.222. The Balaban J connectivity index is 3.07. The highest BCUT2D eigenvalue weighted by Crippen LogP contribution is 2.17. The lowest BCUT2D eigenvalue weighted by Crippen LogP contribution is -1.86. The molecule has 0 atom stereocenters.